The monoisotopic (exact) mass is 415 g/mol. The number of carbonyl (C=O) groups excluding carboxylic acids is 1. The number of halogens is 3. The number of hydrogen-bond donors (Lipinski definition) is 0. The van der Waals surface area contributed by atoms with Gasteiger partial charge >= 0.3 is 0 Å². The van der Waals surface area contributed by atoms with Crippen LogP contribution in [0.2, 0.25) is 5.02 Å². The molecular weight excluding hydrogens is 405 g/mol. The molecule has 116 valence electrons. The minimum atomic E-state index is -4.04. The van der Waals surface area contributed by atoms with E-state index in [0.717, 1.165) is 12.8 Å². The van der Waals surface area contributed by atoms with Crippen LogP contribution in [-0.2, 0) is 13.8 Å². The number of likely N-dealkylation sites (N-methyl/N-ethyl adjacent to an activating group) is 1. The standard InChI is InChI=1S/C12H12BrCl2NO4S/c1-16(8-2-3-8)11(17)6-20-12-9(14)4-7(13)5-10(12)21(15,18)19/h4-5,8H,2-3,6H2,1H3. The average molecular weight is 417 g/mol. The Labute approximate surface area is 140 Å². The van der Waals surface area contributed by atoms with Crippen molar-refractivity contribution in [1.29, 1.82) is 0 Å². The second-order valence-corrected chi connectivity index (χ2v) is 8.53. The summed E-state index contributed by atoms with van der Waals surface area (Å²) in [4.78, 5) is 13.2. The van der Waals surface area contributed by atoms with Gasteiger partial charge in [-0.25, -0.2) is 8.42 Å². The molecule has 5 nitrogen and oxygen atoms in total. The molecule has 1 saturated carbocycles. The lowest BCUT2D eigenvalue weighted by Gasteiger charge is -2.17. The Balaban J connectivity index is 2.21. The van der Waals surface area contributed by atoms with Crippen LogP contribution in [0.3, 0.4) is 0 Å². The van der Waals surface area contributed by atoms with Crippen molar-refractivity contribution >= 4 is 53.2 Å². The van der Waals surface area contributed by atoms with E-state index in [1.54, 1.807) is 11.9 Å². The third-order valence-electron chi connectivity index (χ3n) is 3.06. The highest BCUT2D eigenvalue weighted by Gasteiger charge is 2.30. The molecule has 1 fully saturated rings. The van der Waals surface area contributed by atoms with E-state index in [-0.39, 0.29) is 34.2 Å². The third-order valence-corrected chi connectivity index (χ3v) is 5.13. The molecule has 1 amide bonds. The van der Waals surface area contributed by atoms with Crippen LogP contribution in [0.15, 0.2) is 21.5 Å². The number of ether oxygens (including phenoxy) is 1. The van der Waals surface area contributed by atoms with Crippen LogP contribution in [0.25, 0.3) is 0 Å². The van der Waals surface area contributed by atoms with E-state index >= 15 is 0 Å². The first-order valence-electron chi connectivity index (χ1n) is 6.02. The molecule has 2 rings (SSSR count). The van der Waals surface area contributed by atoms with Crippen LogP contribution < -0.4 is 4.74 Å². The summed E-state index contributed by atoms with van der Waals surface area (Å²) < 4.78 is 28.9. The van der Waals surface area contributed by atoms with Gasteiger partial charge in [0.15, 0.2) is 12.4 Å². The quantitative estimate of drug-likeness (QED) is 0.692. The van der Waals surface area contributed by atoms with E-state index in [1.807, 2.05) is 0 Å². The second-order valence-electron chi connectivity index (χ2n) is 4.68. The Bertz CT molecular complexity index is 676. The van der Waals surface area contributed by atoms with Crippen molar-refractivity contribution in [3.8, 4) is 5.75 Å². The van der Waals surface area contributed by atoms with Gasteiger partial charge in [-0.1, -0.05) is 27.5 Å². The fraction of sp³-hybridized carbons (Fsp3) is 0.417. The first kappa shape index (κ1) is 16.9. The van der Waals surface area contributed by atoms with E-state index in [2.05, 4.69) is 15.9 Å². The summed E-state index contributed by atoms with van der Waals surface area (Å²) in [6.07, 6.45) is 1.95. The van der Waals surface area contributed by atoms with Crippen molar-refractivity contribution in [1.82, 2.24) is 4.90 Å². The Morgan fingerprint density at radius 1 is 1.48 bits per heavy atom. The zero-order chi connectivity index (χ0) is 15.8. The Morgan fingerprint density at radius 3 is 2.62 bits per heavy atom. The summed E-state index contributed by atoms with van der Waals surface area (Å²) in [5.74, 6) is -0.359. The summed E-state index contributed by atoms with van der Waals surface area (Å²) >= 11 is 9.11. The summed E-state index contributed by atoms with van der Waals surface area (Å²) in [5.41, 5.74) is 0. The summed E-state index contributed by atoms with van der Waals surface area (Å²) in [6.45, 7) is -0.298. The number of rotatable bonds is 5. The number of nitrogens with zero attached hydrogens (tertiary/aromatic N) is 1. The van der Waals surface area contributed by atoms with Gasteiger partial charge < -0.3 is 9.64 Å². The van der Waals surface area contributed by atoms with Gasteiger partial charge in [0, 0.05) is 28.2 Å². The highest BCUT2D eigenvalue weighted by atomic mass is 79.9. The molecule has 0 N–H and O–H groups in total. The molecular formula is C12H12BrCl2NO4S. The summed E-state index contributed by atoms with van der Waals surface area (Å²) in [6, 6.07) is 2.99. The van der Waals surface area contributed by atoms with E-state index in [4.69, 9.17) is 27.0 Å². The fourth-order valence-corrected chi connectivity index (χ4v) is 3.83. The van der Waals surface area contributed by atoms with Crippen molar-refractivity contribution in [3.05, 3.63) is 21.6 Å². The van der Waals surface area contributed by atoms with Gasteiger partial charge in [-0.05, 0) is 25.0 Å². The van der Waals surface area contributed by atoms with Crippen LogP contribution in [-0.4, -0.2) is 38.9 Å². The first-order chi connectivity index (χ1) is 9.70. The molecule has 1 aliphatic carbocycles. The number of carbonyl (C=O) groups is 1. The van der Waals surface area contributed by atoms with E-state index in [1.165, 1.54) is 12.1 Å². The van der Waals surface area contributed by atoms with Gasteiger partial charge in [0.1, 0.15) is 4.90 Å². The maximum absolute atomic E-state index is 11.9. The molecule has 0 heterocycles. The van der Waals surface area contributed by atoms with E-state index in [0.29, 0.717) is 4.47 Å². The molecule has 1 aromatic carbocycles. The van der Waals surface area contributed by atoms with Gasteiger partial charge in [0.2, 0.25) is 0 Å². The molecule has 0 aromatic heterocycles. The highest BCUT2D eigenvalue weighted by molar-refractivity contribution is 9.10. The van der Waals surface area contributed by atoms with Crippen LogP contribution in [0, 0.1) is 0 Å². The smallest absolute Gasteiger partial charge is 0.265 e. The van der Waals surface area contributed by atoms with Gasteiger partial charge in [-0.3, -0.25) is 4.79 Å². The Kier molecular flexibility index (Phi) is 5.07. The predicted octanol–water partition coefficient (Wildman–Crippen LogP) is 3.03. The lowest BCUT2D eigenvalue weighted by Crippen LogP contribution is -2.33. The lowest BCUT2D eigenvalue weighted by molar-refractivity contribution is -0.132. The molecule has 0 unspecified atom stereocenters. The normalized spacial score (nSPS) is 14.9. The predicted molar refractivity (Wildman–Crippen MR) is 83.5 cm³/mol. The molecule has 0 saturated heterocycles. The van der Waals surface area contributed by atoms with Crippen molar-refractivity contribution in [2.75, 3.05) is 13.7 Å². The largest absolute Gasteiger partial charge is 0.481 e. The van der Waals surface area contributed by atoms with Crippen molar-refractivity contribution in [2.24, 2.45) is 0 Å². The number of hydrogen-bond acceptors (Lipinski definition) is 4. The third kappa shape index (κ3) is 4.25. The molecule has 21 heavy (non-hydrogen) atoms. The first-order valence-corrected chi connectivity index (χ1v) is 9.50. The highest BCUT2D eigenvalue weighted by Crippen LogP contribution is 2.37. The lowest BCUT2D eigenvalue weighted by atomic mass is 10.3. The molecule has 1 aliphatic rings. The van der Waals surface area contributed by atoms with Crippen LogP contribution >= 0.6 is 38.2 Å². The van der Waals surface area contributed by atoms with Crippen molar-refractivity contribution < 1.29 is 17.9 Å². The molecule has 0 spiro atoms. The van der Waals surface area contributed by atoms with Gasteiger partial charge in [0.05, 0.1) is 5.02 Å². The molecule has 0 aliphatic heterocycles. The van der Waals surface area contributed by atoms with Crippen molar-refractivity contribution in [3.63, 3.8) is 0 Å². The Morgan fingerprint density at radius 2 is 2.10 bits per heavy atom. The SMILES string of the molecule is CN(C(=O)COc1c(Cl)cc(Br)cc1S(=O)(=O)Cl)C1CC1. The van der Waals surface area contributed by atoms with E-state index in [9.17, 15) is 13.2 Å². The number of benzene rings is 1. The topological polar surface area (TPSA) is 63.7 Å². The van der Waals surface area contributed by atoms with Crippen LogP contribution in [0.1, 0.15) is 12.8 Å². The molecule has 1 aromatic rings. The Hall–Kier alpha value is -0.500. The van der Waals surface area contributed by atoms with Crippen LogP contribution in [0.5, 0.6) is 5.75 Å². The molecule has 0 atom stereocenters. The zero-order valence-corrected chi connectivity index (χ0v) is 14.9. The fourth-order valence-electron chi connectivity index (χ4n) is 1.76. The summed E-state index contributed by atoms with van der Waals surface area (Å²) in [5, 5.41) is 0.0606. The number of amides is 1. The van der Waals surface area contributed by atoms with Gasteiger partial charge in [-0.15, -0.1) is 0 Å². The van der Waals surface area contributed by atoms with Gasteiger partial charge in [-0.2, -0.15) is 0 Å². The second kappa shape index (κ2) is 6.32. The zero-order valence-electron chi connectivity index (χ0n) is 11.0. The van der Waals surface area contributed by atoms with Crippen LogP contribution in [0.4, 0.5) is 0 Å². The van der Waals surface area contributed by atoms with E-state index < -0.39 is 9.05 Å². The molecule has 9 heteroatoms. The molecule has 0 radical (unpaired) electrons. The average Bonchev–Trinajstić information content (AvgIpc) is 3.18. The van der Waals surface area contributed by atoms with Crippen molar-refractivity contribution in [2.45, 2.75) is 23.8 Å². The minimum Gasteiger partial charge on any atom is -0.481 e. The maximum atomic E-state index is 11.9. The maximum Gasteiger partial charge on any atom is 0.265 e. The minimum absolute atomic E-state index is 0.0606. The van der Waals surface area contributed by atoms with Gasteiger partial charge in [0.25, 0.3) is 15.0 Å². The molecule has 0 bridgehead atoms. The summed E-state index contributed by atoms with van der Waals surface area (Å²) in [7, 11) is 3.01.